The van der Waals surface area contributed by atoms with Crippen LogP contribution in [0.15, 0.2) is 23.0 Å². The number of aromatic nitrogens is 2. The molecule has 1 aromatic heterocycles. The van der Waals surface area contributed by atoms with Crippen molar-refractivity contribution in [2.24, 2.45) is 0 Å². The molecule has 0 spiro atoms. The number of benzene rings is 1. The predicted molar refractivity (Wildman–Crippen MR) is 61.8 cm³/mol. The Morgan fingerprint density at radius 2 is 2.38 bits per heavy atom. The lowest BCUT2D eigenvalue weighted by atomic mass is 10.2. The Labute approximate surface area is 92.8 Å². The van der Waals surface area contributed by atoms with Crippen molar-refractivity contribution >= 4 is 11.0 Å². The van der Waals surface area contributed by atoms with Crippen LogP contribution in [0.4, 0.5) is 0 Å². The van der Waals surface area contributed by atoms with Gasteiger partial charge < -0.3 is 9.72 Å². The van der Waals surface area contributed by atoms with Gasteiger partial charge in [0.15, 0.2) is 0 Å². The maximum Gasteiger partial charge on any atom is 0.326 e. The molecule has 1 aromatic carbocycles. The number of rotatable bonds is 1. The van der Waals surface area contributed by atoms with E-state index >= 15 is 0 Å². The molecule has 1 fully saturated rings. The van der Waals surface area contributed by atoms with E-state index in [0.29, 0.717) is 6.61 Å². The van der Waals surface area contributed by atoms with Gasteiger partial charge >= 0.3 is 5.69 Å². The molecule has 1 aliphatic rings. The molecule has 0 bridgehead atoms. The highest BCUT2D eigenvalue weighted by Gasteiger charge is 2.21. The van der Waals surface area contributed by atoms with Crippen molar-refractivity contribution in [2.45, 2.75) is 19.4 Å². The van der Waals surface area contributed by atoms with Crippen molar-refractivity contribution in [1.82, 2.24) is 9.55 Å². The maximum absolute atomic E-state index is 11.9. The van der Waals surface area contributed by atoms with Crippen LogP contribution in [0.5, 0.6) is 0 Å². The summed E-state index contributed by atoms with van der Waals surface area (Å²) in [5.74, 6) is 0. The SMILES string of the molecule is Cc1cccc2c1[nH]c(=O)n2C1CCOC1. The Morgan fingerprint density at radius 1 is 1.50 bits per heavy atom. The van der Waals surface area contributed by atoms with Crippen molar-refractivity contribution in [3.05, 3.63) is 34.2 Å². The molecule has 0 saturated carbocycles. The summed E-state index contributed by atoms with van der Waals surface area (Å²) in [5.41, 5.74) is 3.01. The molecular formula is C12H14N2O2. The van der Waals surface area contributed by atoms with E-state index in [9.17, 15) is 4.79 Å². The summed E-state index contributed by atoms with van der Waals surface area (Å²) in [6, 6.07) is 6.16. The molecule has 1 atom stereocenters. The second-order valence-corrected chi connectivity index (χ2v) is 4.29. The fourth-order valence-electron chi connectivity index (χ4n) is 2.38. The van der Waals surface area contributed by atoms with Gasteiger partial charge in [0.1, 0.15) is 0 Å². The highest BCUT2D eigenvalue weighted by Crippen LogP contribution is 2.23. The summed E-state index contributed by atoms with van der Waals surface area (Å²) in [6.07, 6.45) is 0.917. The van der Waals surface area contributed by atoms with Crippen LogP contribution >= 0.6 is 0 Å². The molecule has 0 aliphatic carbocycles. The fraction of sp³-hybridized carbons (Fsp3) is 0.417. The van der Waals surface area contributed by atoms with Crippen LogP contribution in [0.3, 0.4) is 0 Å². The third-order valence-corrected chi connectivity index (χ3v) is 3.23. The average Bonchev–Trinajstić information content (AvgIpc) is 2.85. The van der Waals surface area contributed by atoms with E-state index in [1.54, 1.807) is 0 Å². The van der Waals surface area contributed by atoms with Gasteiger partial charge in [0.25, 0.3) is 0 Å². The minimum Gasteiger partial charge on any atom is -0.379 e. The first-order valence-corrected chi connectivity index (χ1v) is 5.55. The minimum absolute atomic E-state index is 0.0280. The first-order chi connectivity index (χ1) is 7.77. The molecule has 2 heterocycles. The smallest absolute Gasteiger partial charge is 0.326 e. The summed E-state index contributed by atoms with van der Waals surface area (Å²) < 4.78 is 7.17. The molecule has 1 saturated heterocycles. The average molecular weight is 218 g/mol. The van der Waals surface area contributed by atoms with Crippen molar-refractivity contribution in [3.63, 3.8) is 0 Å². The molecule has 1 aliphatic heterocycles. The van der Waals surface area contributed by atoms with E-state index in [0.717, 1.165) is 29.6 Å². The molecule has 0 amide bonds. The summed E-state index contributed by atoms with van der Waals surface area (Å²) in [6.45, 7) is 3.39. The first-order valence-electron chi connectivity index (χ1n) is 5.55. The molecule has 0 radical (unpaired) electrons. The quantitative estimate of drug-likeness (QED) is 0.790. The van der Waals surface area contributed by atoms with E-state index in [-0.39, 0.29) is 11.7 Å². The van der Waals surface area contributed by atoms with Crippen molar-refractivity contribution in [3.8, 4) is 0 Å². The minimum atomic E-state index is -0.0280. The van der Waals surface area contributed by atoms with E-state index in [2.05, 4.69) is 4.98 Å². The van der Waals surface area contributed by atoms with Gasteiger partial charge in [0.05, 0.1) is 23.7 Å². The summed E-state index contributed by atoms with van der Waals surface area (Å²) in [4.78, 5) is 14.9. The van der Waals surface area contributed by atoms with E-state index in [1.165, 1.54) is 0 Å². The number of ether oxygens (including phenoxy) is 1. The molecule has 4 heteroatoms. The number of aromatic amines is 1. The number of imidazole rings is 1. The Hall–Kier alpha value is -1.55. The summed E-state index contributed by atoms with van der Waals surface area (Å²) >= 11 is 0. The molecule has 1 N–H and O–H groups in total. The second kappa shape index (κ2) is 3.49. The highest BCUT2D eigenvalue weighted by molar-refractivity contribution is 5.78. The van der Waals surface area contributed by atoms with Gasteiger partial charge in [0.2, 0.25) is 0 Å². The van der Waals surface area contributed by atoms with Crippen LogP contribution in [0.1, 0.15) is 18.0 Å². The number of fused-ring (bicyclic) bond motifs is 1. The van der Waals surface area contributed by atoms with Gasteiger partial charge in [-0.25, -0.2) is 4.79 Å². The zero-order chi connectivity index (χ0) is 11.1. The Bertz CT molecular complexity index is 576. The third-order valence-electron chi connectivity index (χ3n) is 3.23. The Kier molecular flexibility index (Phi) is 2.11. The predicted octanol–water partition coefficient (Wildman–Crippen LogP) is 1.60. The van der Waals surface area contributed by atoms with Crippen LogP contribution in [-0.4, -0.2) is 22.8 Å². The van der Waals surface area contributed by atoms with Crippen LogP contribution in [0.25, 0.3) is 11.0 Å². The second-order valence-electron chi connectivity index (χ2n) is 4.29. The van der Waals surface area contributed by atoms with Crippen molar-refractivity contribution < 1.29 is 4.74 Å². The zero-order valence-corrected chi connectivity index (χ0v) is 9.19. The fourth-order valence-corrected chi connectivity index (χ4v) is 2.38. The van der Waals surface area contributed by atoms with Gasteiger partial charge in [-0.2, -0.15) is 0 Å². The Balaban J connectivity index is 2.27. The van der Waals surface area contributed by atoms with Crippen LogP contribution in [-0.2, 0) is 4.74 Å². The van der Waals surface area contributed by atoms with Gasteiger partial charge in [0, 0.05) is 6.61 Å². The normalized spacial score (nSPS) is 20.7. The topological polar surface area (TPSA) is 47.0 Å². The molecule has 3 rings (SSSR count). The number of nitrogens with zero attached hydrogens (tertiary/aromatic N) is 1. The molecule has 1 unspecified atom stereocenters. The van der Waals surface area contributed by atoms with E-state index < -0.39 is 0 Å². The number of aryl methyl sites for hydroxylation is 1. The van der Waals surface area contributed by atoms with Crippen molar-refractivity contribution in [2.75, 3.05) is 13.2 Å². The van der Waals surface area contributed by atoms with Crippen LogP contribution < -0.4 is 5.69 Å². The van der Waals surface area contributed by atoms with Crippen LogP contribution in [0.2, 0.25) is 0 Å². The number of para-hydroxylation sites is 1. The zero-order valence-electron chi connectivity index (χ0n) is 9.19. The maximum atomic E-state index is 11.9. The van der Waals surface area contributed by atoms with E-state index in [4.69, 9.17) is 4.74 Å². The number of nitrogens with one attached hydrogen (secondary N) is 1. The van der Waals surface area contributed by atoms with E-state index in [1.807, 2.05) is 29.7 Å². The first kappa shape index (κ1) is 9.66. The Morgan fingerprint density at radius 3 is 3.12 bits per heavy atom. The highest BCUT2D eigenvalue weighted by atomic mass is 16.5. The molecule has 2 aromatic rings. The number of hydrogen-bond donors (Lipinski definition) is 1. The van der Waals surface area contributed by atoms with Crippen molar-refractivity contribution in [1.29, 1.82) is 0 Å². The molecule has 84 valence electrons. The molecular weight excluding hydrogens is 204 g/mol. The lowest BCUT2D eigenvalue weighted by Crippen LogP contribution is -2.22. The van der Waals surface area contributed by atoms with Crippen LogP contribution in [0, 0.1) is 6.92 Å². The standard InChI is InChI=1S/C12H14N2O2/c1-8-3-2-4-10-11(8)13-12(15)14(10)9-5-6-16-7-9/h2-4,9H,5-7H2,1H3,(H,13,15). The van der Waals surface area contributed by atoms with Gasteiger partial charge in [-0.05, 0) is 25.0 Å². The van der Waals surface area contributed by atoms with Gasteiger partial charge in [-0.1, -0.05) is 12.1 Å². The number of H-pyrrole nitrogens is 1. The third kappa shape index (κ3) is 1.30. The van der Waals surface area contributed by atoms with Gasteiger partial charge in [-0.15, -0.1) is 0 Å². The lowest BCUT2D eigenvalue weighted by Gasteiger charge is -2.09. The molecule has 4 nitrogen and oxygen atoms in total. The summed E-state index contributed by atoms with van der Waals surface area (Å²) in [5, 5.41) is 0. The van der Waals surface area contributed by atoms with Gasteiger partial charge in [-0.3, -0.25) is 4.57 Å². The lowest BCUT2D eigenvalue weighted by molar-refractivity contribution is 0.186. The number of hydrogen-bond acceptors (Lipinski definition) is 2. The summed E-state index contributed by atoms with van der Waals surface area (Å²) in [7, 11) is 0. The largest absolute Gasteiger partial charge is 0.379 e. The monoisotopic (exact) mass is 218 g/mol. The molecule has 16 heavy (non-hydrogen) atoms.